The smallest absolute Gasteiger partial charge is 0.412 e. The highest BCUT2D eigenvalue weighted by atomic mass is 16.6. The molecule has 0 bridgehead atoms. The zero-order valence-corrected chi connectivity index (χ0v) is 11.6. The molecule has 19 heavy (non-hydrogen) atoms. The van der Waals surface area contributed by atoms with E-state index in [-0.39, 0.29) is 6.54 Å². The Hall–Kier alpha value is -2.13. The van der Waals surface area contributed by atoms with E-state index < -0.39 is 11.7 Å². The number of amides is 1. The Morgan fingerprint density at radius 2 is 2.11 bits per heavy atom. The fourth-order valence-electron chi connectivity index (χ4n) is 1.50. The molecule has 1 rings (SSSR count). The molecule has 1 aromatic carbocycles. The molecule has 0 saturated heterocycles. The third-order valence-electron chi connectivity index (χ3n) is 2.25. The van der Waals surface area contributed by atoms with Gasteiger partial charge in [-0.2, -0.15) is 0 Å². The summed E-state index contributed by atoms with van der Waals surface area (Å²) in [6.45, 7) is 7.57. The third-order valence-corrected chi connectivity index (χ3v) is 2.25. The number of anilines is 1. The number of rotatable bonds is 3. The summed E-state index contributed by atoms with van der Waals surface area (Å²) in [5, 5.41) is 2.68. The van der Waals surface area contributed by atoms with Crippen LogP contribution in [0.15, 0.2) is 23.2 Å². The summed E-state index contributed by atoms with van der Waals surface area (Å²) in [5.41, 5.74) is 1.91. The van der Waals surface area contributed by atoms with Crippen molar-refractivity contribution >= 4 is 17.9 Å². The van der Waals surface area contributed by atoms with Crippen LogP contribution >= 0.6 is 0 Å². The van der Waals surface area contributed by atoms with Crippen molar-refractivity contribution < 1.29 is 14.3 Å². The number of ether oxygens (including phenoxy) is 1. The first-order chi connectivity index (χ1) is 8.81. The Morgan fingerprint density at radius 3 is 2.63 bits per heavy atom. The zero-order chi connectivity index (χ0) is 14.5. The molecular weight excluding hydrogens is 244 g/mol. The number of isocyanates is 1. The first-order valence-corrected chi connectivity index (χ1v) is 5.95. The molecular formula is C14H18N2O3. The van der Waals surface area contributed by atoms with Gasteiger partial charge in [-0.3, -0.25) is 5.32 Å². The van der Waals surface area contributed by atoms with Gasteiger partial charge in [-0.15, -0.1) is 0 Å². The van der Waals surface area contributed by atoms with Crippen LogP contribution in [0.1, 0.15) is 31.9 Å². The molecule has 5 heteroatoms. The Labute approximate surface area is 112 Å². The molecule has 1 N–H and O–H groups in total. The number of hydrogen-bond donors (Lipinski definition) is 1. The van der Waals surface area contributed by atoms with Crippen molar-refractivity contribution in [1.29, 1.82) is 0 Å². The van der Waals surface area contributed by atoms with Gasteiger partial charge in [0.2, 0.25) is 6.08 Å². The van der Waals surface area contributed by atoms with Crippen LogP contribution in [0, 0.1) is 6.92 Å². The van der Waals surface area contributed by atoms with Crippen LogP contribution in [0.25, 0.3) is 0 Å². The van der Waals surface area contributed by atoms with Crippen LogP contribution in [-0.2, 0) is 16.1 Å². The fraction of sp³-hybridized carbons (Fsp3) is 0.429. The molecule has 0 unspecified atom stereocenters. The number of carbonyl (C=O) groups excluding carboxylic acids is 2. The molecule has 102 valence electrons. The highest BCUT2D eigenvalue weighted by Gasteiger charge is 2.16. The van der Waals surface area contributed by atoms with Gasteiger partial charge in [0.25, 0.3) is 0 Å². The second kappa shape index (κ2) is 6.16. The number of benzene rings is 1. The topological polar surface area (TPSA) is 67.8 Å². The Balaban J connectivity index is 2.74. The predicted octanol–water partition coefficient (Wildman–Crippen LogP) is 3.18. The summed E-state index contributed by atoms with van der Waals surface area (Å²) < 4.78 is 5.17. The van der Waals surface area contributed by atoms with Gasteiger partial charge in [0.05, 0.1) is 6.54 Å². The first kappa shape index (κ1) is 14.9. The number of aryl methyl sites for hydroxylation is 1. The first-order valence-electron chi connectivity index (χ1n) is 5.95. The lowest BCUT2D eigenvalue weighted by molar-refractivity contribution is 0.0636. The average molecular weight is 262 g/mol. The molecule has 0 aromatic heterocycles. The van der Waals surface area contributed by atoms with Gasteiger partial charge < -0.3 is 4.74 Å². The van der Waals surface area contributed by atoms with Crippen molar-refractivity contribution in [3.63, 3.8) is 0 Å². The predicted molar refractivity (Wildman–Crippen MR) is 72.9 cm³/mol. The molecule has 0 atom stereocenters. The number of nitrogens with one attached hydrogen (secondary N) is 1. The van der Waals surface area contributed by atoms with E-state index in [1.54, 1.807) is 32.9 Å². The van der Waals surface area contributed by atoms with E-state index >= 15 is 0 Å². The van der Waals surface area contributed by atoms with E-state index in [4.69, 9.17) is 4.74 Å². The zero-order valence-electron chi connectivity index (χ0n) is 11.6. The normalized spacial score (nSPS) is 10.5. The van der Waals surface area contributed by atoms with E-state index in [2.05, 4.69) is 10.3 Å². The third kappa shape index (κ3) is 5.36. The minimum absolute atomic E-state index is 0.289. The molecule has 0 fully saturated rings. The van der Waals surface area contributed by atoms with Gasteiger partial charge in [-0.25, -0.2) is 14.6 Å². The van der Waals surface area contributed by atoms with Crippen LogP contribution in [-0.4, -0.2) is 17.8 Å². The Bertz CT molecular complexity index is 512. The second-order valence-electron chi connectivity index (χ2n) is 5.18. The van der Waals surface area contributed by atoms with Gasteiger partial charge in [0.15, 0.2) is 0 Å². The maximum absolute atomic E-state index is 11.6. The molecule has 0 aliphatic heterocycles. The van der Waals surface area contributed by atoms with Crippen LogP contribution < -0.4 is 5.32 Å². The van der Waals surface area contributed by atoms with E-state index in [9.17, 15) is 9.59 Å². The van der Waals surface area contributed by atoms with Gasteiger partial charge in [-0.05, 0) is 44.9 Å². The lowest BCUT2D eigenvalue weighted by Gasteiger charge is -2.20. The van der Waals surface area contributed by atoms with Crippen LogP contribution in [0.4, 0.5) is 10.5 Å². The van der Waals surface area contributed by atoms with Crippen molar-refractivity contribution in [3.8, 4) is 0 Å². The maximum atomic E-state index is 11.6. The van der Waals surface area contributed by atoms with Crippen molar-refractivity contribution in [2.75, 3.05) is 5.32 Å². The molecule has 0 saturated carbocycles. The minimum Gasteiger partial charge on any atom is -0.444 e. The number of carbonyl (C=O) groups is 1. The highest BCUT2D eigenvalue weighted by Crippen LogP contribution is 2.18. The summed E-state index contributed by atoms with van der Waals surface area (Å²) in [6.07, 6.45) is 1.00. The lowest BCUT2D eigenvalue weighted by atomic mass is 10.1. The summed E-state index contributed by atoms with van der Waals surface area (Å²) in [4.78, 5) is 25.2. The van der Waals surface area contributed by atoms with Gasteiger partial charge in [0, 0.05) is 5.69 Å². The maximum Gasteiger partial charge on any atom is 0.412 e. The summed E-state index contributed by atoms with van der Waals surface area (Å²) in [6, 6.07) is 5.41. The second-order valence-corrected chi connectivity index (χ2v) is 5.18. The molecule has 0 aliphatic carbocycles. The highest BCUT2D eigenvalue weighted by molar-refractivity contribution is 5.85. The minimum atomic E-state index is -0.531. The molecule has 0 spiro atoms. The van der Waals surface area contributed by atoms with E-state index in [0.29, 0.717) is 5.69 Å². The van der Waals surface area contributed by atoms with Gasteiger partial charge >= 0.3 is 6.09 Å². The quantitative estimate of drug-likeness (QED) is 0.672. The molecule has 1 amide bonds. The lowest BCUT2D eigenvalue weighted by Crippen LogP contribution is -2.27. The van der Waals surface area contributed by atoms with Crippen LogP contribution in [0.2, 0.25) is 0 Å². The number of nitrogens with zero attached hydrogens (tertiary/aromatic N) is 1. The standard InChI is InChI=1S/C14H18N2O3/c1-10-7-11(8-15-9-17)5-6-12(10)16-13(18)19-14(2,3)4/h5-7H,8H2,1-4H3,(H,16,18). The van der Waals surface area contributed by atoms with Crippen molar-refractivity contribution in [2.24, 2.45) is 4.99 Å². The van der Waals surface area contributed by atoms with Crippen molar-refractivity contribution in [1.82, 2.24) is 0 Å². The van der Waals surface area contributed by atoms with E-state index in [0.717, 1.165) is 11.1 Å². The fourth-order valence-corrected chi connectivity index (χ4v) is 1.50. The van der Waals surface area contributed by atoms with Gasteiger partial charge in [-0.1, -0.05) is 12.1 Å². The van der Waals surface area contributed by atoms with E-state index in [1.165, 1.54) is 6.08 Å². The SMILES string of the molecule is Cc1cc(CN=C=O)ccc1NC(=O)OC(C)(C)C. The molecule has 0 heterocycles. The summed E-state index contributed by atoms with van der Waals surface area (Å²) in [7, 11) is 0. The number of hydrogen-bond acceptors (Lipinski definition) is 4. The monoisotopic (exact) mass is 262 g/mol. The molecule has 0 aliphatic rings. The Kier molecular flexibility index (Phi) is 4.84. The van der Waals surface area contributed by atoms with Gasteiger partial charge in [0.1, 0.15) is 5.60 Å². The van der Waals surface area contributed by atoms with Crippen LogP contribution in [0.3, 0.4) is 0 Å². The number of aliphatic imine (C=N–C) groups is 1. The summed E-state index contributed by atoms with van der Waals surface area (Å²) in [5.74, 6) is 0. The average Bonchev–Trinajstić information content (AvgIpc) is 2.27. The largest absolute Gasteiger partial charge is 0.444 e. The van der Waals surface area contributed by atoms with Crippen LogP contribution in [0.5, 0.6) is 0 Å². The van der Waals surface area contributed by atoms with Crippen molar-refractivity contribution in [2.45, 2.75) is 39.8 Å². The van der Waals surface area contributed by atoms with E-state index in [1.807, 2.05) is 13.0 Å². The molecule has 5 nitrogen and oxygen atoms in total. The molecule has 0 radical (unpaired) electrons. The Morgan fingerprint density at radius 1 is 1.42 bits per heavy atom. The molecule has 1 aromatic rings. The van der Waals surface area contributed by atoms with Crippen molar-refractivity contribution in [3.05, 3.63) is 29.3 Å². The summed E-state index contributed by atoms with van der Waals surface area (Å²) >= 11 is 0.